The molecule has 148 valence electrons. The number of hydrogen-bond acceptors (Lipinski definition) is 5. The van der Waals surface area contributed by atoms with E-state index in [1.807, 2.05) is 12.1 Å². The number of pyridine rings is 1. The van der Waals surface area contributed by atoms with E-state index in [0.29, 0.717) is 6.07 Å². The molecule has 1 aliphatic heterocycles. The highest BCUT2D eigenvalue weighted by atomic mass is 19.4. The number of nitrogens with one attached hydrogen (secondary N) is 1. The molecule has 0 aliphatic carbocycles. The Morgan fingerprint density at radius 2 is 1.93 bits per heavy atom. The molecule has 3 rings (SSSR count). The highest BCUT2D eigenvalue weighted by molar-refractivity contribution is 5.78. The molecule has 2 heterocycles. The number of esters is 1. The molecule has 5 nitrogen and oxygen atoms in total. The number of hydrogen-bond donors (Lipinski definition) is 1. The third-order valence-electron chi connectivity index (χ3n) is 3.91. The average molecular weight is 396 g/mol. The normalized spacial score (nSPS) is 14.5. The van der Waals surface area contributed by atoms with Crippen molar-refractivity contribution in [3.05, 3.63) is 53.5 Å². The fourth-order valence-electron chi connectivity index (χ4n) is 2.62. The summed E-state index contributed by atoms with van der Waals surface area (Å²) in [7, 11) is 0. The van der Waals surface area contributed by atoms with Crippen LogP contribution in [0.3, 0.4) is 0 Å². The highest BCUT2D eigenvalue weighted by Gasteiger charge is 2.42. The first-order valence-corrected chi connectivity index (χ1v) is 8.44. The Balaban J connectivity index is 1.82. The van der Waals surface area contributed by atoms with Crippen molar-refractivity contribution < 1.29 is 31.8 Å². The van der Waals surface area contributed by atoms with Crippen LogP contribution in [0.4, 0.5) is 17.6 Å². The van der Waals surface area contributed by atoms with Crippen molar-refractivity contribution in [2.75, 3.05) is 13.1 Å². The lowest BCUT2D eigenvalue weighted by molar-refractivity contribution is -0.189. The zero-order chi connectivity index (χ0) is 20.1. The van der Waals surface area contributed by atoms with Crippen LogP contribution in [0.5, 0.6) is 17.4 Å². The smallest absolute Gasteiger partial charge is 0.436 e. The van der Waals surface area contributed by atoms with Crippen molar-refractivity contribution in [2.45, 2.75) is 19.0 Å². The molecule has 1 aliphatic rings. The Morgan fingerprint density at radius 3 is 2.64 bits per heavy atom. The largest absolute Gasteiger partial charge is 0.491 e. The zero-order valence-electron chi connectivity index (χ0n) is 14.6. The number of carbonyl (C=O) groups is 1. The summed E-state index contributed by atoms with van der Waals surface area (Å²) in [6.07, 6.45) is -0.633. The van der Waals surface area contributed by atoms with Crippen LogP contribution in [0.2, 0.25) is 0 Å². The first-order valence-electron chi connectivity index (χ1n) is 8.44. The number of carbonyl (C=O) groups excluding carboxylic acids is 1. The van der Waals surface area contributed by atoms with Gasteiger partial charge in [0.2, 0.25) is 0 Å². The van der Waals surface area contributed by atoms with E-state index in [0.717, 1.165) is 37.7 Å². The summed E-state index contributed by atoms with van der Waals surface area (Å²) in [5.74, 6) is -4.42. The van der Waals surface area contributed by atoms with E-state index in [2.05, 4.69) is 15.0 Å². The van der Waals surface area contributed by atoms with Crippen LogP contribution in [0.1, 0.15) is 18.4 Å². The van der Waals surface area contributed by atoms with Gasteiger partial charge in [0, 0.05) is 6.07 Å². The van der Waals surface area contributed by atoms with Gasteiger partial charge in [-0.1, -0.05) is 23.8 Å². The summed E-state index contributed by atoms with van der Waals surface area (Å²) in [5.41, 5.74) is 2.10. The van der Waals surface area contributed by atoms with Crippen LogP contribution < -0.4 is 14.8 Å². The van der Waals surface area contributed by atoms with Gasteiger partial charge in [0.1, 0.15) is 11.6 Å². The van der Waals surface area contributed by atoms with Gasteiger partial charge in [-0.2, -0.15) is 13.2 Å². The maximum Gasteiger partial charge on any atom is 0.491 e. The number of halogens is 4. The summed E-state index contributed by atoms with van der Waals surface area (Å²) in [5, 5.41) is 3.26. The molecule has 0 unspecified atom stereocenters. The van der Waals surface area contributed by atoms with Gasteiger partial charge in [-0.25, -0.2) is 14.2 Å². The fourth-order valence-corrected chi connectivity index (χ4v) is 2.62. The molecule has 1 aromatic carbocycles. The van der Waals surface area contributed by atoms with Crippen LogP contribution in [0, 0.1) is 5.82 Å². The molecular formula is C19H16F4N2O3. The van der Waals surface area contributed by atoms with Crippen molar-refractivity contribution in [1.29, 1.82) is 0 Å². The fraction of sp³-hybridized carbons (Fsp3) is 0.263. The number of piperidine rings is 1. The van der Waals surface area contributed by atoms with Gasteiger partial charge in [0.15, 0.2) is 5.75 Å². The Labute approximate surface area is 158 Å². The van der Waals surface area contributed by atoms with Crippen LogP contribution in [-0.4, -0.2) is 30.2 Å². The lowest BCUT2D eigenvalue weighted by Gasteiger charge is -2.15. The third-order valence-corrected chi connectivity index (χ3v) is 3.91. The molecule has 28 heavy (non-hydrogen) atoms. The maximum absolute atomic E-state index is 13.4. The summed E-state index contributed by atoms with van der Waals surface area (Å²) in [4.78, 5) is 14.6. The van der Waals surface area contributed by atoms with Gasteiger partial charge in [-0.05, 0) is 43.6 Å². The Morgan fingerprint density at radius 1 is 1.18 bits per heavy atom. The second-order valence-electron chi connectivity index (χ2n) is 6.07. The first kappa shape index (κ1) is 19.8. The second kappa shape index (κ2) is 8.39. The monoisotopic (exact) mass is 396 g/mol. The lowest BCUT2D eigenvalue weighted by Crippen LogP contribution is -2.28. The average Bonchev–Trinajstić information content (AvgIpc) is 2.64. The number of ether oxygens (including phenoxy) is 2. The summed E-state index contributed by atoms with van der Waals surface area (Å²) in [6, 6.07) is 7.38. The van der Waals surface area contributed by atoms with E-state index < -0.39 is 29.6 Å². The zero-order valence-corrected chi connectivity index (χ0v) is 14.6. The van der Waals surface area contributed by atoms with E-state index in [1.165, 1.54) is 5.57 Å². The molecular weight excluding hydrogens is 380 g/mol. The van der Waals surface area contributed by atoms with E-state index >= 15 is 0 Å². The number of aromatic nitrogens is 1. The van der Waals surface area contributed by atoms with Crippen molar-refractivity contribution >= 4 is 12.0 Å². The molecule has 0 bridgehead atoms. The van der Waals surface area contributed by atoms with Gasteiger partial charge in [0.05, 0.1) is 6.20 Å². The Bertz CT molecular complexity index is 889. The first-order chi connectivity index (χ1) is 13.3. The van der Waals surface area contributed by atoms with Crippen LogP contribution >= 0.6 is 0 Å². The van der Waals surface area contributed by atoms with Crippen molar-refractivity contribution in [2.24, 2.45) is 0 Å². The predicted octanol–water partition coefficient (Wildman–Crippen LogP) is 4.25. The molecule has 0 spiro atoms. The van der Waals surface area contributed by atoms with Gasteiger partial charge < -0.3 is 14.8 Å². The number of nitrogens with zero attached hydrogens (tertiary/aromatic N) is 1. The third kappa shape index (κ3) is 5.29. The van der Waals surface area contributed by atoms with Gasteiger partial charge in [0.25, 0.3) is 5.88 Å². The standard InChI is InChI=1S/C19H16F4N2O3/c20-14-10-16(28-18(26)19(21,22)23)17(25-11-14)27-15-3-1-2-13(9-15)8-12-4-6-24-7-5-12/h1-3,8-11,24H,4-7H2. The van der Waals surface area contributed by atoms with Gasteiger partial charge in [-0.3, -0.25) is 0 Å². The van der Waals surface area contributed by atoms with Crippen LogP contribution in [0.15, 0.2) is 42.1 Å². The van der Waals surface area contributed by atoms with E-state index in [9.17, 15) is 22.4 Å². The quantitative estimate of drug-likeness (QED) is 0.619. The van der Waals surface area contributed by atoms with E-state index in [-0.39, 0.29) is 5.75 Å². The van der Waals surface area contributed by atoms with Crippen LogP contribution in [-0.2, 0) is 4.79 Å². The number of alkyl halides is 3. The summed E-state index contributed by atoms with van der Waals surface area (Å²) in [6.45, 7) is 1.80. The minimum Gasteiger partial charge on any atom is -0.436 e. The summed E-state index contributed by atoms with van der Waals surface area (Å²) < 4.78 is 60.3. The maximum atomic E-state index is 13.4. The molecule has 1 N–H and O–H groups in total. The molecule has 1 aromatic heterocycles. The number of benzene rings is 1. The number of rotatable bonds is 4. The van der Waals surface area contributed by atoms with E-state index in [4.69, 9.17) is 4.74 Å². The second-order valence-corrected chi connectivity index (χ2v) is 6.07. The van der Waals surface area contributed by atoms with Crippen LogP contribution in [0.25, 0.3) is 6.08 Å². The predicted molar refractivity (Wildman–Crippen MR) is 92.5 cm³/mol. The van der Waals surface area contributed by atoms with Crippen molar-refractivity contribution in [3.8, 4) is 17.4 Å². The molecule has 9 heteroatoms. The lowest BCUT2D eigenvalue weighted by atomic mass is 10.0. The van der Waals surface area contributed by atoms with Crippen molar-refractivity contribution in [3.63, 3.8) is 0 Å². The van der Waals surface area contributed by atoms with E-state index in [1.54, 1.807) is 18.2 Å². The molecule has 1 fully saturated rings. The minimum absolute atomic E-state index is 0.256. The topological polar surface area (TPSA) is 60.5 Å². The Hall–Kier alpha value is -2.94. The molecule has 1 saturated heterocycles. The Kier molecular flexibility index (Phi) is 5.93. The highest BCUT2D eigenvalue weighted by Crippen LogP contribution is 2.32. The molecule has 0 amide bonds. The SMILES string of the molecule is O=C(Oc1cc(F)cnc1Oc1cccc(C=C2CCNCC2)c1)C(F)(F)F. The minimum atomic E-state index is -5.23. The molecule has 2 aromatic rings. The molecule has 0 radical (unpaired) electrons. The van der Waals surface area contributed by atoms with Crippen molar-refractivity contribution in [1.82, 2.24) is 10.3 Å². The van der Waals surface area contributed by atoms with Gasteiger partial charge in [-0.15, -0.1) is 0 Å². The summed E-state index contributed by atoms with van der Waals surface area (Å²) >= 11 is 0. The molecule has 0 atom stereocenters. The van der Waals surface area contributed by atoms with Gasteiger partial charge >= 0.3 is 12.1 Å². The molecule has 0 saturated carbocycles.